The van der Waals surface area contributed by atoms with E-state index in [1.807, 2.05) is 0 Å². The maximum absolute atomic E-state index is 12.8. The van der Waals surface area contributed by atoms with E-state index in [0.29, 0.717) is 6.07 Å². The molecule has 1 heterocycles. The summed E-state index contributed by atoms with van der Waals surface area (Å²) in [5, 5.41) is 9.22. The lowest BCUT2D eigenvalue weighted by atomic mass is 10.2. The summed E-state index contributed by atoms with van der Waals surface area (Å²) in [7, 11) is 0. The minimum atomic E-state index is -3.17. The number of alkyl halides is 2. The summed E-state index contributed by atoms with van der Waals surface area (Å²) < 4.78 is 37.0. The number of aromatic nitrogens is 1. The van der Waals surface area contributed by atoms with Gasteiger partial charge in [-0.15, -0.1) is 0 Å². The fraction of sp³-hybridized carbons (Fsp3) is 0.167. The maximum atomic E-state index is 12.8. The van der Waals surface area contributed by atoms with Crippen molar-refractivity contribution in [3.05, 3.63) is 32.7 Å². The molecule has 0 aliphatic carbocycles. The molecule has 0 N–H and O–H groups in total. The lowest BCUT2D eigenvalue weighted by molar-refractivity contribution is -0.389. The molecule has 4 nitrogen and oxygen atoms in total. The first-order valence-corrected chi connectivity index (χ1v) is 3.59. The standard InChI is InChI=1S/C6H2ClF3N2O2/c7-5-4(8)2(6(9)10)1-3(11-5)12(13)14/h1,6H. The third kappa shape index (κ3) is 1.92. The van der Waals surface area contributed by atoms with E-state index in [1.54, 1.807) is 0 Å². The van der Waals surface area contributed by atoms with Gasteiger partial charge in [-0.3, -0.25) is 0 Å². The molecule has 0 atom stereocenters. The predicted octanol–water partition coefficient (Wildman–Crippen LogP) is 2.72. The topological polar surface area (TPSA) is 56.0 Å². The Kier molecular flexibility index (Phi) is 2.90. The highest BCUT2D eigenvalue weighted by Crippen LogP contribution is 2.28. The molecule has 1 aromatic heterocycles. The maximum Gasteiger partial charge on any atom is 0.365 e. The van der Waals surface area contributed by atoms with Crippen LogP contribution in [-0.2, 0) is 0 Å². The van der Waals surface area contributed by atoms with Gasteiger partial charge in [0.1, 0.15) is 0 Å². The molecular formula is C6H2ClF3N2O2. The Balaban J connectivity index is 3.35. The molecule has 14 heavy (non-hydrogen) atoms. The van der Waals surface area contributed by atoms with Gasteiger partial charge in [-0.2, -0.15) is 0 Å². The summed E-state index contributed by atoms with van der Waals surface area (Å²) in [6.45, 7) is 0. The molecule has 0 spiro atoms. The van der Waals surface area contributed by atoms with Gasteiger partial charge in [-0.25, -0.2) is 13.2 Å². The molecule has 0 bridgehead atoms. The zero-order valence-electron chi connectivity index (χ0n) is 6.38. The molecule has 1 rings (SSSR count). The Morgan fingerprint density at radius 1 is 1.57 bits per heavy atom. The van der Waals surface area contributed by atoms with Crippen LogP contribution in [0, 0.1) is 15.9 Å². The Hall–Kier alpha value is -1.37. The van der Waals surface area contributed by atoms with Gasteiger partial charge in [-0.05, 0) is 21.5 Å². The quantitative estimate of drug-likeness (QED) is 0.443. The Labute approximate surface area is 80.5 Å². The van der Waals surface area contributed by atoms with Crippen LogP contribution in [0.15, 0.2) is 6.07 Å². The van der Waals surface area contributed by atoms with E-state index in [2.05, 4.69) is 4.98 Å². The van der Waals surface area contributed by atoms with Gasteiger partial charge in [0.15, 0.2) is 5.82 Å². The van der Waals surface area contributed by atoms with Crippen molar-refractivity contribution in [1.29, 1.82) is 0 Å². The lowest BCUT2D eigenvalue weighted by Crippen LogP contribution is -1.99. The highest BCUT2D eigenvalue weighted by molar-refractivity contribution is 6.29. The average Bonchev–Trinajstić information content (AvgIpc) is 2.08. The van der Waals surface area contributed by atoms with Gasteiger partial charge >= 0.3 is 5.82 Å². The van der Waals surface area contributed by atoms with Gasteiger partial charge in [0.05, 0.1) is 5.56 Å². The molecule has 8 heteroatoms. The van der Waals surface area contributed by atoms with Crippen LogP contribution in [-0.4, -0.2) is 9.91 Å². The first-order chi connectivity index (χ1) is 6.43. The summed E-state index contributed by atoms with van der Waals surface area (Å²) in [6.07, 6.45) is -3.17. The van der Waals surface area contributed by atoms with E-state index in [9.17, 15) is 23.3 Å². The van der Waals surface area contributed by atoms with Crippen molar-refractivity contribution in [3.63, 3.8) is 0 Å². The molecule has 0 aliphatic heterocycles. The number of hydrogen-bond acceptors (Lipinski definition) is 3. The largest absolute Gasteiger partial charge is 0.365 e. The Bertz CT molecular complexity index is 386. The predicted molar refractivity (Wildman–Crippen MR) is 40.8 cm³/mol. The van der Waals surface area contributed by atoms with Crippen molar-refractivity contribution >= 4 is 17.4 Å². The van der Waals surface area contributed by atoms with Gasteiger partial charge in [-0.1, -0.05) is 0 Å². The van der Waals surface area contributed by atoms with E-state index in [4.69, 9.17) is 11.6 Å². The Morgan fingerprint density at radius 3 is 2.57 bits per heavy atom. The number of pyridine rings is 1. The second-order valence-corrected chi connectivity index (χ2v) is 2.59. The summed E-state index contributed by atoms with van der Waals surface area (Å²) >= 11 is 5.08. The summed E-state index contributed by atoms with van der Waals surface area (Å²) in [5.41, 5.74) is -1.13. The van der Waals surface area contributed by atoms with Crippen LogP contribution < -0.4 is 0 Å². The first-order valence-electron chi connectivity index (χ1n) is 3.22. The number of nitrogens with zero attached hydrogens (tertiary/aromatic N) is 2. The molecule has 0 saturated heterocycles. The highest BCUT2D eigenvalue weighted by Gasteiger charge is 2.24. The van der Waals surface area contributed by atoms with E-state index in [1.165, 1.54) is 0 Å². The fourth-order valence-electron chi connectivity index (χ4n) is 0.756. The lowest BCUT2D eigenvalue weighted by Gasteiger charge is -2.00. The molecule has 0 aromatic carbocycles. The van der Waals surface area contributed by atoms with Crippen LogP contribution in [0.1, 0.15) is 12.0 Å². The van der Waals surface area contributed by atoms with Crippen molar-refractivity contribution in [1.82, 2.24) is 4.98 Å². The van der Waals surface area contributed by atoms with Crippen LogP contribution in [0.5, 0.6) is 0 Å². The van der Waals surface area contributed by atoms with E-state index in [-0.39, 0.29) is 0 Å². The number of nitro groups is 1. The molecule has 0 fully saturated rings. The summed E-state index contributed by atoms with van der Waals surface area (Å²) in [4.78, 5) is 12.1. The number of halogens is 4. The molecule has 0 aliphatic rings. The van der Waals surface area contributed by atoms with Crippen molar-refractivity contribution in [3.8, 4) is 0 Å². The highest BCUT2D eigenvalue weighted by atomic mass is 35.5. The average molecular weight is 227 g/mol. The number of rotatable bonds is 2. The van der Waals surface area contributed by atoms with E-state index in [0.717, 1.165) is 0 Å². The van der Waals surface area contributed by atoms with Crippen molar-refractivity contribution in [2.24, 2.45) is 0 Å². The zero-order chi connectivity index (χ0) is 10.9. The number of hydrogen-bond donors (Lipinski definition) is 0. The van der Waals surface area contributed by atoms with Gasteiger partial charge in [0.25, 0.3) is 11.6 Å². The normalized spacial score (nSPS) is 10.6. The zero-order valence-corrected chi connectivity index (χ0v) is 7.13. The van der Waals surface area contributed by atoms with Crippen LogP contribution >= 0.6 is 11.6 Å². The molecule has 0 radical (unpaired) electrons. The van der Waals surface area contributed by atoms with Crippen LogP contribution in [0.4, 0.5) is 19.0 Å². The molecule has 0 unspecified atom stereocenters. The van der Waals surface area contributed by atoms with Gasteiger partial charge in [0.2, 0.25) is 0 Å². The molecular weight excluding hydrogens is 225 g/mol. The monoisotopic (exact) mass is 226 g/mol. The summed E-state index contributed by atoms with van der Waals surface area (Å²) in [6, 6.07) is 0.353. The molecule has 76 valence electrons. The van der Waals surface area contributed by atoms with Crippen molar-refractivity contribution in [2.45, 2.75) is 6.43 Å². The minimum Gasteiger partial charge on any atom is -0.358 e. The van der Waals surface area contributed by atoms with Crippen molar-refractivity contribution in [2.75, 3.05) is 0 Å². The molecule has 1 aromatic rings. The van der Waals surface area contributed by atoms with Crippen LogP contribution in [0.2, 0.25) is 5.15 Å². The van der Waals surface area contributed by atoms with Gasteiger partial charge < -0.3 is 10.1 Å². The molecule has 0 amide bonds. The first kappa shape index (κ1) is 10.7. The SMILES string of the molecule is O=[N+]([O-])c1cc(C(F)F)c(F)c(Cl)n1. The third-order valence-electron chi connectivity index (χ3n) is 1.35. The van der Waals surface area contributed by atoms with Crippen molar-refractivity contribution < 1.29 is 18.1 Å². The minimum absolute atomic E-state index is 0.353. The third-order valence-corrected chi connectivity index (χ3v) is 1.60. The summed E-state index contributed by atoms with van der Waals surface area (Å²) in [5.74, 6) is -2.35. The second-order valence-electron chi connectivity index (χ2n) is 2.23. The smallest absolute Gasteiger partial charge is 0.358 e. The van der Waals surface area contributed by atoms with Gasteiger partial charge in [0, 0.05) is 6.07 Å². The second kappa shape index (κ2) is 3.79. The fourth-order valence-corrected chi connectivity index (χ4v) is 0.951. The van der Waals surface area contributed by atoms with Crippen LogP contribution in [0.25, 0.3) is 0 Å². The Morgan fingerprint density at radius 2 is 2.14 bits per heavy atom. The van der Waals surface area contributed by atoms with E-state index < -0.39 is 33.7 Å². The van der Waals surface area contributed by atoms with E-state index >= 15 is 0 Å². The van der Waals surface area contributed by atoms with Crippen LogP contribution in [0.3, 0.4) is 0 Å². The molecule has 0 saturated carbocycles.